The zero-order chi connectivity index (χ0) is 13.0. The Hall–Kier alpha value is -1.14. The highest BCUT2D eigenvalue weighted by Crippen LogP contribution is 2.10. The van der Waals surface area contributed by atoms with Crippen LogP contribution in [0.1, 0.15) is 13.3 Å². The van der Waals surface area contributed by atoms with Gasteiger partial charge in [-0.2, -0.15) is 0 Å². The molecular weight excluding hydrogens is 234 g/mol. The van der Waals surface area contributed by atoms with E-state index in [1.165, 1.54) is 0 Å². The highest BCUT2D eigenvalue weighted by Gasteiger charge is 2.32. The molecule has 2 rings (SSSR count). The number of nitrogens with one attached hydrogen (secondary N) is 1. The number of carbonyl (C=O) groups is 2. The fraction of sp³-hybridized carbons (Fsp3) is 0.833. The quantitative estimate of drug-likeness (QED) is 0.657. The second kappa shape index (κ2) is 6.15. The van der Waals surface area contributed by atoms with E-state index in [2.05, 4.69) is 5.32 Å². The molecule has 0 radical (unpaired) electrons. The molecule has 2 saturated heterocycles. The lowest BCUT2D eigenvalue weighted by Gasteiger charge is -2.37. The topological polar surface area (TPSA) is 61.9 Å². The van der Waals surface area contributed by atoms with Gasteiger partial charge >= 0.3 is 5.97 Å². The van der Waals surface area contributed by atoms with Crippen LogP contribution >= 0.6 is 0 Å². The fourth-order valence-electron chi connectivity index (χ4n) is 2.25. The molecule has 18 heavy (non-hydrogen) atoms. The maximum absolute atomic E-state index is 11.9. The van der Waals surface area contributed by atoms with Gasteiger partial charge in [0.2, 0.25) is 5.91 Å². The van der Waals surface area contributed by atoms with Crippen LogP contribution in [-0.2, 0) is 14.3 Å². The minimum atomic E-state index is -0.330. The Balaban J connectivity index is 1.90. The summed E-state index contributed by atoms with van der Waals surface area (Å²) in [4.78, 5) is 27.5. The minimum Gasteiger partial charge on any atom is -0.465 e. The van der Waals surface area contributed by atoms with E-state index in [9.17, 15) is 9.59 Å². The summed E-state index contributed by atoms with van der Waals surface area (Å²) in [5.74, 6) is -0.112. The van der Waals surface area contributed by atoms with Gasteiger partial charge in [0.1, 0.15) is 6.04 Å². The van der Waals surface area contributed by atoms with E-state index in [-0.39, 0.29) is 17.9 Å². The zero-order valence-corrected chi connectivity index (χ0v) is 10.9. The van der Waals surface area contributed by atoms with Gasteiger partial charge in [0, 0.05) is 32.7 Å². The van der Waals surface area contributed by atoms with Crippen molar-refractivity contribution in [1.29, 1.82) is 0 Å². The first-order valence-electron chi connectivity index (χ1n) is 6.61. The SMILES string of the molecule is CCOC(=O)C1CNCCN1CC(=O)N1CCC1. The van der Waals surface area contributed by atoms with Gasteiger partial charge < -0.3 is 15.0 Å². The molecule has 0 saturated carbocycles. The van der Waals surface area contributed by atoms with E-state index in [1.807, 2.05) is 9.80 Å². The summed E-state index contributed by atoms with van der Waals surface area (Å²) in [5, 5.41) is 3.17. The molecule has 1 atom stereocenters. The third-order valence-electron chi connectivity index (χ3n) is 3.46. The van der Waals surface area contributed by atoms with E-state index in [1.54, 1.807) is 6.92 Å². The maximum Gasteiger partial charge on any atom is 0.324 e. The molecule has 2 heterocycles. The molecule has 2 fully saturated rings. The van der Waals surface area contributed by atoms with E-state index < -0.39 is 0 Å². The number of rotatable bonds is 4. The summed E-state index contributed by atoms with van der Waals surface area (Å²) >= 11 is 0. The van der Waals surface area contributed by atoms with Crippen LogP contribution in [0.15, 0.2) is 0 Å². The predicted molar refractivity (Wildman–Crippen MR) is 66.1 cm³/mol. The summed E-state index contributed by atoms with van der Waals surface area (Å²) in [6.45, 7) is 6.29. The van der Waals surface area contributed by atoms with Gasteiger partial charge in [-0.15, -0.1) is 0 Å². The van der Waals surface area contributed by atoms with E-state index in [0.29, 0.717) is 26.2 Å². The average Bonchev–Trinajstić information content (AvgIpc) is 2.27. The molecule has 6 heteroatoms. The van der Waals surface area contributed by atoms with Gasteiger partial charge in [0.05, 0.1) is 13.2 Å². The lowest BCUT2D eigenvalue weighted by Crippen LogP contribution is -2.58. The minimum absolute atomic E-state index is 0.123. The highest BCUT2D eigenvalue weighted by atomic mass is 16.5. The predicted octanol–water partition coefficient (Wildman–Crippen LogP) is -0.944. The molecule has 1 amide bonds. The number of esters is 1. The monoisotopic (exact) mass is 255 g/mol. The van der Waals surface area contributed by atoms with Crippen molar-refractivity contribution in [3.05, 3.63) is 0 Å². The van der Waals surface area contributed by atoms with Gasteiger partial charge in [-0.3, -0.25) is 14.5 Å². The molecule has 2 aliphatic heterocycles. The van der Waals surface area contributed by atoms with Crippen molar-refractivity contribution in [3.8, 4) is 0 Å². The van der Waals surface area contributed by atoms with Crippen molar-refractivity contribution in [1.82, 2.24) is 15.1 Å². The Kier molecular flexibility index (Phi) is 4.54. The summed E-state index contributed by atoms with van der Waals surface area (Å²) in [6.07, 6.45) is 1.09. The van der Waals surface area contributed by atoms with Gasteiger partial charge in [0.15, 0.2) is 0 Å². The normalized spacial score (nSPS) is 24.5. The highest BCUT2D eigenvalue weighted by molar-refractivity contribution is 5.81. The first-order chi connectivity index (χ1) is 8.72. The first-order valence-corrected chi connectivity index (χ1v) is 6.61. The van der Waals surface area contributed by atoms with Crippen molar-refractivity contribution in [3.63, 3.8) is 0 Å². The largest absolute Gasteiger partial charge is 0.465 e. The van der Waals surface area contributed by atoms with Crippen LogP contribution in [-0.4, -0.2) is 73.6 Å². The number of amides is 1. The molecule has 0 spiro atoms. The Labute approximate surface area is 107 Å². The van der Waals surface area contributed by atoms with Crippen LogP contribution < -0.4 is 5.32 Å². The van der Waals surface area contributed by atoms with Crippen LogP contribution in [0.25, 0.3) is 0 Å². The number of piperazine rings is 1. The molecule has 0 bridgehead atoms. The number of carbonyl (C=O) groups excluding carboxylic acids is 2. The summed E-state index contributed by atoms with van der Waals surface area (Å²) in [6, 6.07) is -0.330. The lowest BCUT2D eigenvalue weighted by molar-refractivity contribution is -0.151. The average molecular weight is 255 g/mol. The van der Waals surface area contributed by atoms with Crippen molar-refractivity contribution in [2.75, 3.05) is 45.9 Å². The second-order valence-electron chi connectivity index (χ2n) is 4.68. The molecule has 0 aromatic heterocycles. The maximum atomic E-state index is 11.9. The molecule has 2 aliphatic rings. The number of hydrogen-bond acceptors (Lipinski definition) is 5. The van der Waals surface area contributed by atoms with Crippen LogP contribution in [0.2, 0.25) is 0 Å². The van der Waals surface area contributed by atoms with Crippen LogP contribution in [0, 0.1) is 0 Å². The first kappa shape index (κ1) is 13.3. The molecule has 0 aromatic rings. The Morgan fingerprint density at radius 1 is 1.33 bits per heavy atom. The second-order valence-corrected chi connectivity index (χ2v) is 4.68. The molecule has 6 nitrogen and oxygen atoms in total. The van der Waals surface area contributed by atoms with E-state index in [4.69, 9.17) is 4.74 Å². The third kappa shape index (κ3) is 3.00. The van der Waals surface area contributed by atoms with Gasteiger partial charge in [-0.05, 0) is 13.3 Å². The molecule has 1 N–H and O–H groups in total. The Morgan fingerprint density at radius 3 is 2.72 bits per heavy atom. The number of nitrogens with zero attached hydrogens (tertiary/aromatic N) is 2. The van der Waals surface area contributed by atoms with Gasteiger partial charge in [-0.1, -0.05) is 0 Å². The van der Waals surface area contributed by atoms with Crippen LogP contribution in [0.3, 0.4) is 0 Å². The molecule has 102 valence electrons. The summed E-state index contributed by atoms with van der Waals surface area (Å²) in [7, 11) is 0. The standard InChI is InChI=1S/C12H21N3O3/c1-2-18-12(17)10-8-13-4-7-15(10)9-11(16)14-5-3-6-14/h10,13H,2-9H2,1H3. The molecule has 0 aliphatic carbocycles. The lowest BCUT2D eigenvalue weighted by atomic mass is 10.1. The van der Waals surface area contributed by atoms with Gasteiger partial charge in [-0.25, -0.2) is 0 Å². The van der Waals surface area contributed by atoms with Crippen molar-refractivity contribution in [2.45, 2.75) is 19.4 Å². The van der Waals surface area contributed by atoms with Crippen molar-refractivity contribution in [2.24, 2.45) is 0 Å². The van der Waals surface area contributed by atoms with Crippen molar-refractivity contribution < 1.29 is 14.3 Å². The van der Waals surface area contributed by atoms with E-state index in [0.717, 1.165) is 26.1 Å². The van der Waals surface area contributed by atoms with Crippen molar-refractivity contribution >= 4 is 11.9 Å². The molecule has 1 unspecified atom stereocenters. The third-order valence-corrected chi connectivity index (χ3v) is 3.46. The van der Waals surface area contributed by atoms with Crippen LogP contribution in [0.5, 0.6) is 0 Å². The summed E-state index contributed by atoms with van der Waals surface area (Å²) in [5.41, 5.74) is 0. The number of ether oxygens (including phenoxy) is 1. The fourth-order valence-corrected chi connectivity index (χ4v) is 2.25. The summed E-state index contributed by atoms with van der Waals surface area (Å²) < 4.78 is 5.05. The van der Waals surface area contributed by atoms with E-state index >= 15 is 0 Å². The molecular formula is C12H21N3O3. The molecule has 0 aromatic carbocycles. The van der Waals surface area contributed by atoms with Gasteiger partial charge in [0.25, 0.3) is 0 Å². The smallest absolute Gasteiger partial charge is 0.324 e. The van der Waals surface area contributed by atoms with Crippen LogP contribution in [0.4, 0.5) is 0 Å². The number of hydrogen-bond donors (Lipinski definition) is 1. The Bertz CT molecular complexity index is 318. The zero-order valence-electron chi connectivity index (χ0n) is 10.9. The number of likely N-dealkylation sites (tertiary alicyclic amines) is 1. The Morgan fingerprint density at radius 2 is 2.11 bits per heavy atom.